The summed E-state index contributed by atoms with van der Waals surface area (Å²) >= 11 is 0. The van der Waals surface area contributed by atoms with Crippen molar-refractivity contribution in [1.82, 2.24) is 4.98 Å². The van der Waals surface area contributed by atoms with Crippen LogP contribution in [0.4, 0.5) is 10.2 Å². The van der Waals surface area contributed by atoms with Crippen LogP contribution in [0.25, 0.3) is 0 Å². The van der Waals surface area contributed by atoms with E-state index in [0.717, 1.165) is 6.07 Å². The fourth-order valence-electron chi connectivity index (χ4n) is 1.27. The number of pyridine rings is 1. The van der Waals surface area contributed by atoms with Gasteiger partial charge in [-0.15, -0.1) is 0 Å². The smallest absolute Gasteiger partial charge is 0.357 e. The predicted molar refractivity (Wildman–Crippen MR) is 66.4 cm³/mol. The zero-order valence-electron chi connectivity index (χ0n) is 10.8. The van der Waals surface area contributed by atoms with Crippen molar-refractivity contribution >= 4 is 17.5 Å². The Labute approximate surface area is 105 Å². The minimum absolute atomic E-state index is 0.130. The van der Waals surface area contributed by atoms with Crippen LogP contribution in [-0.4, -0.2) is 29.3 Å². The van der Waals surface area contributed by atoms with Crippen LogP contribution in [0.5, 0.6) is 0 Å². The molecule has 0 radical (unpaired) electrons. The number of hydrogen-bond donors (Lipinski definition) is 2. The molecule has 2 N–H and O–H groups in total. The molecule has 98 valence electrons. The van der Waals surface area contributed by atoms with Crippen LogP contribution in [0.3, 0.4) is 0 Å². The van der Waals surface area contributed by atoms with Gasteiger partial charge in [0.05, 0.1) is 0 Å². The molecule has 5 nitrogen and oxygen atoms in total. The second-order valence-corrected chi connectivity index (χ2v) is 4.66. The highest BCUT2D eigenvalue weighted by molar-refractivity contribution is 6.43. The highest BCUT2D eigenvalue weighted by Crippen LogP contribution is 2.16. The van der Waals surface area contributed by atoms with Crippen LogP contribution in [0, 0.1) is 11.4 Å². The first kappa shape index (κ1) is 14.1. The van der Waals surface area contributed by atoms with Crippen LogP contribution in [0.15, 0.2) is 12.1 Å². The minimum Gasteiger partial charge on any atom is -0.455 e. The normalized spacial score (nSPS) is 10.9. The third-order valence-corrected chi connectivity index (χ3v) is 1.97. The van der Waals surface area contributed by atoms with Gasteiger partial charge in [-0.3, -0.25) is 5.41 Å². The highest BCUT2D eigenvalue weighted by atomic mass is 19.1. The van der Waals surface area contributed by atoms with Gasteiger partial charge in [-0.1, -0.05) is 0 Å². The molecule has 0 bridgehead atoms. The summed E-state index contributed by atoms with van der Waals surface area (Å²) in [5.41, 5.74) is -0.841. The average Bonchev–Trinajstić information content (AvgIpc) is 2.25. The maximum absolute atomic E-state index is 12.9. The van der Waals surface area contributed by atoms with Gasteiger partial charge in [-0.25, -0.2) is 9.78 Å². The molecule has 0 saturated carbocycles. The first-order valence-electron chi connectivity index (χ1n) is 5.41. The molecular formula is C12H16FN3O2. The fourth-order valence-corrected chi connectivity index (χ4v) is 1.27. The third kappa shape index (κ3) is 3.51. The number of hydrogen-bond acceptors (Lipinski definition) is 5. The minimum atomic E-state index is -0.771. The maximum Gasteiger partial charge on any atom is 0.357 e. The molecule has 1 aromatic heterocycles. The van der Waals surface area contributed by atoms with E-state index >= 15 is 0 Å². The number of nitrogens with one attached hydrogen (secondary N) is 2. The molecule has 0 spiro atoms. The molecule has 0 aromatic carbocycles. The van der Waals surface area contributed by atoms with Gasteiger partial charge in [0, 0.05) is 12.6 Å². The van der Waals surface area contributed by atoms with E-state index in [1.54, 1.807) is 20.8 Å². The van der Waals surface area contributed by atoms with E-state index < -0.39 is 17.5 Å². The topological polar surface area (TPSA) is 75.1 Å². The Bertz CT molecular complexity index is 481. The van der Waals surface area contributed by atoms with Crippen molar-refractivity contribution in [2.24, 2.45) is 0 Å². The summed E-state index contributed by atoms with van der Waals surface area (Å²) in [6.07, 6.45) is 0. The Morgan fingerprint density at radius 1 is 1.44 bits per heavy atom. The maximum atomic E-state index is 12.9. The van der Waals surface area contributed by atoms with Crippen molar-refractivity contribution in [2.75, 3.05) is 12.4 Å². The Morgan fingerprint density at radius 3 is 2.56 bits per heavy atom. The summed E-state index contributed by atoms with van der Waals surface area (Å²) in [6.45, 7) is 5.13. The summed E-state index contributed by atoms with van der Waals surface area (Å²) in [7, 11) is 1.54. The van der Waals surface area contributed by atoms with Gasteiger partial charge < -0.3 is 10.1 Å². The van der Waals surface area contributed by atoms with Crippen molar-refractivity contribution in [2.45, 2.75) is 26.4 Å². The number of nitrogens with zero attached hydrogens (tertiary/aromatic N) is 1. The summed E-state index contributed by atoms with van der Waals surface area (Å²) in [4.78, 5) is 15.3. The van der Waals surface area contributed by atoms with Gasteiger partial charge in [0.15, 0.2) is 5.71 Å². The van der Waals surface area contributed by atoms with Crippen LogP contribution in [-0.2, 0) is 9.53 Å². The molecule has 1 heterocycles. The van der Waals surface area contributed by atoms with Gasteiger partial charge in [0.25, 0.3) is 0 Å². The molecule has 0 fully saturated rings. The van der Waals surface area contributed by atoms with Crippen LogP contribution < -0.4 is 5.32 Å². The first-order valence-corrected chi connectivity index (χ1v) is 5.41. The Hall–Kier alpha value is -1.98. The fraction of sp³-hybridized carbons (Fsp3) is 0.417. The lowest BCUT2D eigenvalue weighted by Gasteiger charge is -2.20. The van der Waals surface area contributed by atoms with Crippen molar-refractivity contribution in [3.63, 3.8) is 0 Å². The molecule has 1 rings (SSSR count). The summed E-state index contributed by atoms with van der Waals surface area (Å²) in [5, 5.41) is 10.4. The molecule has 0 aliphatic carbocycles. The third-order valence-electron chi connectivity index (χ3n) is 1.97. The van der Waals surface area contributed by atoms with E-state index in [4.69, 9.17) is 10.1 Å². The SMILES string of the molecule is CNc1nc(F)ccc1C(=N)C(=O)OC(C)(C)C. The van der Waals surface area contributed by atoms with Crippen molar-refractivity contribution < 1.29 is 13.9 Å². The predicted octanol–water partition coefficient (Wildman–Crippen LogP) is 1.97. The number of halogens is 1. The van der Waals surface area contributed by atoms with Gasteiger partial charge in [-0.05, 0) is 32.9 Å². The Morgan fingerprint density at radius 2 is 2.06 bits per heavy atom. The molecule has 0 aliphatic heterocycles. The summed E-state index contributed by atoms with van der Waals surface area (Å²) in [6, 6.07) is 2.41. The number of carbonyl (C=O) groups excluding carboxylic acids is 1. The number of ether oxygens (including phenoxy) is 1. The lowest BCUT2D eigenvalue weighted by molar-refractivity contribution is -0.146. The van der Waals surface area contributed by atoms with Crippen molar-refractivity contribution in [3.8, 4) is 0 Å². The van der Waals surface area contributed by atoms with Gasteiger partial charge in [-0.2, -0.15) is 4.39 Å². The van der Waals surface area contributed by atoms with E-state index in [1.807, 2.05) is 0 Å². The standard InChI is InChI=1S/C12H16FN3O2/c1-12(2,3)18-11(17)9(14)7-5-6-8(13)16-10(7)15-4/h5-6,14H,1-4H3,(H,15,16). The number of carbonyl (C=O) groups is 1. The van der Waals surface area contributed by atoms with E-state index in [-0.39, 0.29) is 17.1 Å². The van der Waals surface area contributed by atoms with Gasteiger partial charge in [0.2, 0.25) is 5.95 Å². The van der Waals surface area contributed by atoms with E-state index in [0.29, 0.717) is 0 Å². The van der Waals surface area contributed by atoms with E-state index in [9.17, 15) is 9.18 Å². The number of anilines is 1. The average molecular weight is 253 g/mol. The monoisotopic (exact) mass is 253 g/mol. The van der Waals surface area contributed by atoms with Gasteiger partial charge in [0.1, 0.15) is 11.4 Å². The number of aromatic nitrogens is 1. The Balaban J connectivity index is 3.01. The molecule has 0 unspecified atom stereocenters. The van der Waals surface area contributed by atoms with Crippen LogP contribution >= 0.6 is 0 Å². The lowest BCUT2D eigenvalue weighted by Crippen LogP contribution is -2.29. The van der Waals surface area contributed by atoms with Crippen LogP contribution in [0.2, 0.25) is 0 Å². The van der Waals surface area contributed by atoms with E-state index in [1.165, 1.54) is 13.1 Å². The molecular weight excluding hydrogens is 237 g/mol. The largest absolute Gasteiger partial charge is 0.455 e. The van der Waals surface area contributed by atoms with Gasteiger partial charge >= 0.3 is 5.97 Å². The molecule has 18 heavy (non-hydrogen) atoms. The molecule has 0 aliphatic rings. The number of esters is 1. The van der Waals surface area contributed by atoms with Crippen molar-refractivity contribution in [3.05, 3.63) is 23.6 Å². The second-order valence-electron chi connectivity index (χ2n) is 4.66. The van der Waals surface area contributed by atoms with Crippen molar-refractivity contribution in [1.29, 1.82) is 5.41 Å². The summed E-state index contributed by atoms with van der Waals surface area (Å²) in [5.74, 6) is -1.32. The first-order chi connectivity index (χ1) is 8.24. The Kier molecular flexibility index (Phi) is 4.00. The molecule has 1 aromatic rings. The molecule has 6 heteroatoms. The summed E-state index contributed by atoms with van der Waals surface area (Å²) < 4.78 is 18.0. The molecule has 0 amide bonds. The zero-order valence-corrected chi connectivity index (χ0v) is 10.8. The second kappa shape index (κ2) is 5.12. The number of rotatable bonds is 3. The highest BCUT2D eigenvalue weighted by Gasteiger charge is 2.23. The molecule has 0 saturated heterocycles. The lowest BCUT2D eigenvalue weighted by atomic mass is 10.1. The van der Waals surface area contributed by atoms with Crippen LogP contribution in [0.1, 0.15) is 26.3 Å². The quantitative estimate of drug-likeness (QED) is 0.490. The van der Waals surface area contributed by atoms with E-state index in [2.05, 4.69) is 10.3 Å². The zero-order chi connectivity index (χ0) is 13.9. The molecule has 0 atom stereocenters.